The van der Waals surface area contributed by atoms with E-state index < -0.39 is 0 Å². The molecule has 2 nitrogen and oxygen atoms in total. The largest absolute Gasteiger partial charge is 0.310 e. The van der Waals surface area contributed by atoms with Crippen molar-refractivity contribution in [2.24, 2.45) is 0 Å². The van der Waals surface area contributed by atoms with Crippen LogP contribution < -0.4 is 5.32 Å². The molecule has 1 atom stereocenters. The molecule has 1 N–H and O–H groups in total. The zero-order valence-corrected chi connectivity index (χ0v) is 12.3. The van der Waals surface area contributed by atoms with Crippen molar-refractivity contribution in [2.45, 2.75) is 19.4 Å². The fraction of sp³-hybridized carbons (Fsp3) is 0.267. The Morgan fingerprint density at radius 2 is 2.00 bits per heavy atom. The molecule has 1 aromatic heterocycles. The van der Waals surface area contributed by atoms with Gasteiger partial charge in [-0.3, -0.25) is 4.98 Å². The Morgan fingerprint density at radius 1 is 1.26 bits per heavy atom. The molecule has 0 amide bonds. The molecule has 0 radical (unpaired) electrons. The summed E-state index contributed by atoms with van der Waals surface area (Å²) in [5, 5.41) is 3.33. The van der Waals surface area contributed by atoms with Crippen molar-refractivity contribution >= 4 is 15.9 Å². The minimum Gasteiger partial charge on any atom is -0.310 e. The van der Waals surface area contributed by atoms with Gasteiger partial charge in [0.25, 0.3) is 0 Å². The molecule has 1 unspecified atom stereocenters. The van der Waals surface area contributed by atoms with E-state index in [1.165, 1.54) is 6.07 Å². The van der Waals surface area contributed by atoms with Crippen LogP contribution in [-0.4, -0.2) is 11.5 Å². The van der Waals surface area contributed by atoms with Crippen LogP contribution in [0.25, 0.3) is 0 Å². The highest BCUT2D eigenvalue weighted by Crippen LogP contribution is 2.24. The van der Waals surface area contributed by atoms with Gasteiger partial charge in [-0.25, -0.2) is 4.39 Å². The Labute approximate surface area is 121 Å². The molecule has 4 heteroatoms. The Bertz CT molecular complexity index is 531. The zero-order valence-electron chi connectivity index (χ0n) is 10.7. The van der Waals surface area contributed by atoms with Crippen LogP contribution in [0.1, 0.15) is 24.1 Å². The maximum Gasteiger partial charge on any atom is 0.129 e. The number of nitrogens with zero attached hydrogens (tertiary/aromatic N) is 1. The molecule has 19 heavy (non-hydrogen) atoms. The van der Waals surface area contributed by atoms with Crippen LogP contribution in [0.3, 0.4) is 0 Å². The number of pyridine rings is 1. The molecule has 2 aromatic rings. The number of rotatable bonds is 5. The second kappa shape index (κ2) is 6.78. The van der Waals surface area contributed by atoms with E-state index in [1.54, 1.807) is 12.4 Å². The van der Waals surface area contributed by atoms with E-state index in [2.05, 4.69) is 26.2 Å². The van der Waals surface area contributed by atoms with Crippen molar-refractivity contribution in [1.82, 2.24) is 10.3 Å². The highest BCUT2D eigenvalue weighted by molar-refractivity contribution is 9.10. The summed E-state index contributed by atoms with van der Waals surface area (Å²) in [4.78, 5) is 4.00. The van der Waals surface area contributed by atoms with Crippen LogP contribution in [0, 0.1) is 5.82 Å². The standard InChI is InChI=1S/C15H16BrFN2/c1-2-19-15(9-11-5-7-18-8-6-11)13-4-3-12(16)10-14(13)17/h3-8,10,15,19H,2,9H2,1H3. The van der Waals surface area contributed by atoms with Crippen LogP contribution >= 0.6 is 15.9 Å². The number of likely N-dealkylation sites (N-methyl/N-ethyl adjacent to an activating group) is 1. The summed E-state index contributed by atoms with van der Waals surface area (Å²) in [6.07, 6.45) is 4.27. The van der Waals surface area contributed by atoms with E-state index in [0.29, 0.717) is 5.56 Å². The average molecular weight is 323 g/mol. The molecule has 0 aliphatic carbocycles. The second-order valence-electron chi connectivity index (χ2n) is 4.34. The Balaban J connectivity index is 2.24. The van der Waals surface area contributed by atoms with E-state index in [1.807, 2.05) is 31.2 Å². The fourth-order valence-electron chi connectivity index (χ4n) is 2.08. The van der Waals surface area contributed by atoms with E-state index in [4.69, 9.17) is 0 Å². The van der Waals surface area contributed by atoms with E-state index in [0.717, 1.165) is 23.0 Å². The first-order valence-corrected chi connectivity index (χ1v) is 7.07. The molecule has 0 saturated carbocycles. The maximum absolute atomic E-state index is 14.0. The number of nitrogens with one attached hydrogen (secondary N) is 1. The molecule has 0 fully saturated rings. The molecule has 100 valence electrons. The smallest absolute Gasteiger partial charge is 0.129 e. The van der Waals surface area contributed by atoms with Gasteiger partial charge in [0.05, 0.1) is 0 Å². The van der Waals surface area contributed by atoms with Gasteiger partial charge >= 0.3 is 0 Å². The van der Waals surface area contributed by atoms with Crippen LogP contribution in [-0.2, 0) is 6.42 Å². The molecule has 1 aromatic carbocycles. The third-order valence-corrected chi connectivity index (χ3v) is 3.47. The molecular formula is C15H16BrFN2. The fourth-order valence-corrected chi connectivity index (χ4v) is 2.41. The molecule has 0 aliphatic rings. The minimum atomic E-state index is -0.186. The molecule has 0 spiro atoms. The van der Waals surface area contributed by atoms with Gasteiger partial charge in [-0.2, -0.15) is 0 Å². The third-order valence-electron chi connectivity index (χ3n) is 2.98. The number of benzene rings is 1. The summed E-state index contributed by atoms with van der Waals surface area (Å²) >= 11 is 3.28. The minimum absolute atomic E-state index is 0.0273. The van der Waals surface area contributed by atoms with Crippen LogP contribution in [0.4, 0.5) is 4.39 Å². The maximum atomic E-state index is 14.0. The molecular weight excluding hydrogens is 307 g/mol. The first-order valence-electron chi connectivity index (χ1n) is 6.28. The lowest BCUT2D eigenvalue weighted by molar-refractivity contribution is 0.509. The second-order valence-corrected chi connectivity index (χ2v) is 5.25. The SMILES string of the molecule is CCNC(Cc1ccncc1)c1ccc(Br)cc1F. The molecule has 1 heterocycles. The summed E-state index contributed by atoms with van der Waals surface area (Å²) in [6, 6.07) is 9.10. The quantitative estimate of drug-likeness (QED) is 0.903. The van der Waals surface area contributed by atoms with Crippen molar-refractivity contribution in [3.8, 4) is 0 Å². The van der Waals surface area contributed by atoms with E-state index >= 15 is 0 Å². The first-order chi connectivity index (χ1) is 9.20. The lowest BCUT2D eigenvalue weighted by Crippen LogP contribution is -2.24. The molecule has 0 bridgehead atoms. The molecule has 2 rings (SSSR count). The number of halogens is 2. The summed E-state index contributed by atoms with van der Waals surface area (Å²) in [7, 11) is 0. The van der Waals surface area contributed by atoms with Crippen LogP contribution in [0.2, 0.25) is 0 Å². The predicted octanol–water partition coefficient (Wildman–Crippen LogP) is 3.88. The summed E-state index contributed by atoms with van der Waals surface area (Å²) in [5.41, 5.74) is 1.84. The summed E-state index contributed by atoms with van der Waals surface area (Å²) in [6.45, 7) is 2.82. The van der Waals surface area contributed by atoms with Gasteiger partial charge in [0, 0.05) is 28.5 Å². The monoisotopic (exact) mass is 322 g/mol. The van der Waals surface area contributed by atoms with Gasteiger partial charge in [0.1, 0.15) is 5.82 Å². The van der Waals surface area contributed by atoms with E-state index in [9.17, 15) is 4.39 Å². The highest BCUT2D eigenvalue weighted by atomic mass is 79.9. The Hall–Kier alpha value is -1.26. The molecule has 0 saturated heterocycles. The summed E-state index contributed by atoms with van der Waals surface area (Å²) in [5.74, 6) is -0.186. The third kappa shape index (κ3) is 3.85. The number of hydrogen-bond donors (Lipinski definition) is 1. The van der Waals surface area contributed by atoms with Crippen molar-refractivity contribution in [2.75, 3.05) is 6.54 Å². The average Bonchev–Trinajstić information content (AvgIpc) is 2.39. The van der Waals surface area contributed by atoms with Gasteiger partial charge in [0.2, 0.25) is 0 Å². The lowest BCUT2D eigenvalue weighted by atomic mass is 9.99. The highest BCUT2D eigenvalue weighted by Gasteiger charge is 2.15. The predicted molar refractivity (Wildman–Crippen MR) is 78.5 cm³/mol. The lowest BCUT2D eigenvalue weighted by Gasteiger charge is -2.19. The topological polar surface area (TPSA) is 24.9 Å². The van der Waals surface area contributed by atoms with Gasteiger partial charge in [-0.1, -0.05) is 28.9 Å². The normalized spacial score (nSPS) is 12.4. The zero-order chi connectivity index (χ0) is 13.7. The van der Waals surface area contributed by atoms with Gasteiger partial charge in [-0.05, 0) is 42.8 Å². The number of hydrogen-bond acceptors (Lipinski definition) is 2. The molecule has 0 aliphatic heterocycles. The van der Waals surface area contributed by atoms with Gasteiger partial charge < -0.3 is 5.32 Å². The first kappa shape index (κ1) is 14.2. The van der Waals surface area contributed by atoms with Gasteiger partial charge in [0.15, 0.2) is 0 Å². The van der Waals surface area contributed by atoms with Crippen molar-refractivity contribution < 1.29 is 4.39 Å². The van der Waals surface area contributed by atoms with Crippen LogP contribution in [0.5, 0.6) is 0 Å². The van der Waals surface area contributed by atoms with Crippen molar-refractivity contribution in [3.63, 3.8) is 0 Å². The van der Waals surface area contributed by atoms with E-state index in [-0.39, 0.29) is 11.9 Å². The van der Waals surface area contributed by atoms with Crippen molar-refractivity contribution in [3.05, 3.63) is 64.1 Å². The Kier molecular flexibility index (Phi) is 5.05. The van der Waals surface area contributed by atoms with Crippen LogP contribution in [0.15, 0.2) is 47.2 Å². The van der Waals surface area contributed by atoms with Crippen molar-refractivity contribution in [1.29, 1.82) is 0 Å². The summed E-state index contributed by atoms with van der Waals surface area (Å²) < 4.78 is 14.8. The van der Waals surface area contributed by atoms with Gasteiger partial charge in [-0.15, -0.1) is 0 Å². The Morgan fingerprint density at radius 3 is 2.63 bits per heavy atom. The number of aromatic nitrogens is 1.